The average molecular weight is 691 g/mol. The Morgan fingerprint density at radius 2 is 1.53 bits per heavy atom. The van der Waals surface area contributed by atoms with Crippen LogP contribution in [0.4, 0.5) is 0 Å². The van der Waals surface area contributed by atoms with Gasteiger partial charge >= 0.3 is 17.9 Å². The van der Waals surface area contributed by atoms with Crippen molar-refractivity contribution in [3.05, 3.63) is 59.7 Å². The molecule has 0 spiro atoms. The Balaban J connectivity index is 1.36. The Morgan fingerprint density at radius 3 is 2.08 bits per heavy atom. The first-order valence-corrected chi connectivity index (χ1v) is 14.7. The van der Waals surface area contributed by atoms with Crippen LogP contribution in [0, 0.1) is 0 Å². The lowest BCUT2D eigenvalue weighted by atomic mass is 9.97. The number of nitrogens with zero attached hydrogens (tertiary/aromatic N) is 1. The fourth-order valence-corrected chi connectivity index (χ4v) is 5.09. The molecule has 0 aliphatic carbocycles. The summed E-state index contributed by atoms with van der Waals surface area (Å²) >= 11 is 0. The minimum absolute atomic E-state index is 0.0180. The second-order valence-corrected chi connectivity index (χ2v) is 11.1. The Kier molecular flexibility index (Phi) is 11.7. The van der Waals surface area contributed by atoms with E-state index in [-0.39, 0.29) is 30.9 Å². The van der Waals surface area contributed by atoms with Gasteiger partial charge in [0, 0.05) is 6.42 Å². The first kappa shape index (κ1) is 36.5. The molecule has 10 N–H and O–H groups in total. The highest BCUT2D eigenvalue weighted by molar-refractivity contribution is 5.97. The zero-order valence-electron chi connectivity index (χ0n) is 25.4. The molecule has 2 aliphatic heterocycles. The summed E-state index contributed by atoms with van der Waals surface area (Å²) in [7, 11) is 0. The molecule has 19 heteroatoms. The molecule has 49 heavy (non-hydrogen) atoms. The van der Waals surface area contributed by atoms with Gasteiger partial charge in [-0.25, -0.2) is 9.59 Å². The maximum atomic E-state index is 13.1. The summed E-state index contributed by atoms with van der Waals surface area (Å²) in [5.41, 5.74) is 5.88. The highest BCUT2D eigenvalue weighted by Crippen LogP contribution is 2.31. The highest BCUT2D eigenvalue weighted by Gasteiger charge is 2.48. The fraction of sp³-hybridized carbons (Fsp3) is 0.400. The van der Waals surface area contributed by atoms with E-state index < -0.39 is 84.6 Å². The molecule has 3 amide bonds. The van der Waals surface area contributed by atoms with E-state index in [0.717, 1.165) is 4.90 Å². The van der Waals surface area contributed by atoms with Gasteiger partial charge in [0.15, 0.2) is 12.1 Å². The number of nitrogens with two attached hydrogens (primary N) is 1. The molecule has 0 bridgehead atoms. The summed E-state index contributed by atoms with van der Waals surface area (Å²) in [6.07, 6.45) is -8.87. The predicted molar refractivity (Wildman–Crippen MR) is 160 cm³/mol. The highest BCUT2D eigenvalue weighted by atomic mass is 16.7. The summed E-state index contributed by atoms with van der Waals surface area (Å²) < 4.78 is 15.9. The topological polar surface area (TPSA) is 305 Å². The van der Waals surface area contributed by atoms with Crippen molar-refractivity contribution in [1.82, 2.24) is 15.5 Å². The SMILES string of the molecule is N[C@H](CCOc1ccc([C@H](NC=O)C(=O)N[C@H]2CN([C@H](C(=O)O)c3ccc(O[C@@H]4O[C@H](C(=O)O)[C@@H](O)[C@H](O)[C@@H]4O)cc3)C2=O)cc1)C(=O)O. The van der Waals surface area contributed by atoms with Crippen LogP contribution in [0.5, 0.6) is 11.5 Å². The summed E-state index contributed by atoms with van der Waals surface area (Å²) in [5, 5.41) is 62.8. The van der Waals surface area contributed by atoms with E-state index in [0.29, 0.717) is 17.7 Å². The van der Waals surface area contributed by atoms with Crippen molar-refractivity contribution in [2.45, 2.75) is 61.3 Å². The number of carbonyl (C=O) groups excluding carboxylic acids is 3. The molecular formula is C30H34N4O15. The number of β-lactam (4-membered cyclic amide) rings is 1. The number of ether oxygens (including phenoxy) is 3. The Morgan fingerprint density at radius 1 is 0.918 bits per heavy atom. The number of amides is 3. The second-order valence-electron chi connectivity index (χ2n) is 11.1. The predicted octanol–water partition coefficient (Wildman–Crippen LogP) is -2.92. The molecule has 4 rings (SSSR count). The van der Waals surface area contributed by atoms with Crippen molar-refractivity contribution in [2.75, 3.05) is 13.2 Å². The van der Waals surface area contributed by atoms with Gasteiger partial charge in [-0.05, 0) is 35.4 Å². The van der Waals surface area contributed by atoms with Gasteiger partial charge in [0.05, 0.1) is 13.2 Å². The lowest BCUT2D eigenvalue weighted by Crippen LogP contribution is -2.66. The largest absolute Gasteiger partial charge is 0.494 e. The second kappa shape index (κ2) is 15.7. The monoisotopic (exact) mass is 690 g/mol. The van der Waals surface area contributed by atoms with Crippen LogP contribution >= 0.6 is 0 Å². The summed E-state index contributed by atoms with van der Waals surface area (Å²) in [6.45, 7) is -0.179. The maximum Gasteiger partial charge on any atom is 0.335 e. The third-order valence-corrected chi connectivity index (χ3v) is 7.81. The fourth-order valence-electron chi connectivity index (χ4n) is 5.09. The molecule has 2 aromatic carbocycles. The molecule has 2 heterocycles. The van der Waals surface area contributed by atoms with Crippen molar-refractivity contribution in [3.8, 4) is 11.5 Å². The quantitative estimate of drug-likeness (QED) is 0.0629. The molecule has 0 saturated carbocycles. The molecule has 9 atom stereocenters. The molecule has 0 aromatic heterocycles. The molecule has 264 valence electrons. The minimum atomic E-state index is -1.92. The van der Waals surface area contributed by atoms with Crippen LogP contribution in [0.1, 0.15) is 29.6 Å². The van der Waals surface area contributed by atoms with Gasteiger partial charge in [-0.2, -0.15) is 0 Å². The zero-order valence-corrected chi connectivity index (χ0v) is 25.4. The number of rotatable bonds is 16. The van der Waals surface area contributed by atoms with Crippen LogP contribution in [-0.2, 0) is 33.5 Å². The number of benzene rings is 2. The number of carboxylic acids is 3. The van der Waals surface area contributed by atoms with Crippen molar-refractivity contribution in [3.63, 3.8) is 0 Å². The van der Waals surface area contributed by atoms with Crippen LogP contribution < -0.4 is 25.8 Å². The minimum Gasteiger partial charge on any atom is -0.494 e. The Bertz CT molecular complexity index is 1540. The maximum absolute atomic E-state index is 13.1. The van der Waals surface area contributed by atoms with Crippen LogP contribution in [0.15, 0.2) is 48.5 Å². The number of carboxylic acid groups (broad SMARTS) is 3. The number of hydrogen-bond donors (Lipinski definition) is 9. The zero-order chi connectivity index (χ0) is 36.0. The van der Waals surface area contributed by atoms with Gasteiger partial charge in [-0.1, -0.05) is 24.3 Å². The van der Waals surface area contributed by atoms with Gasteiger partial charge in [0.1, 0.15) is 47.9 Å². The number of aliphatic carboxylic acids is 3. The molecule has 0 radical (unpaired) electrons. The van der Waals surface area contributed by atoms with Gasteiger partial charge < -0.3 is 66.1 Å². The first-order chi connectivity index (χ1) is 23.2. The van der Waals surface area contributed by atoms with E-state index in [4.69, 9.17) is 25.1 Å². The van der Waals surface area contributed by atoms with Gasteiger partial charge in [0.2, 0.25) is 24.5 Å². The molecule has 19 nitrogen and oxygen atoms in total. The van der Waals surface area contributed by atoms with E-state index in [1.165, 1.54) is 48.5 Å². The normalized spacial score (nSPS) is 25.1. The van der Waals surface area contributed by atoms with Crippen molar-refractivity contribution < 1.29 is 73.6 Å². The van der Waals surface area contributed by atoms with Gasteiger partial charge in [-0.15, -0.1) is 0 Å². The lowest BCUT2D eigenvalue weighted by Gasteiger charge is -2.42. The lowest BCUT2D eigenvalue weighted by molar-refractivity contribution is -0.271. The van der Waals surface area contributed by atoms with Crippen LogP contribution in [0.25, 0.3) is 0 Å². The third-order valence-electron chi connectivity index (χ3n) is 7.81. The van der Waals surface area contributed by atoms with Crippen molar-refractivity contribution in [1.29, 1.82) is 0 Å². The molecular weight excluding hydrogens is 656 g/mol. The summed E-state index contributed by atoms with van der Waals surface area (Å²) in [6, 6.07) is 6.13. The summed E-state index contributed by atoms with van der Waals surface area (Å²) in [4.78, 5) is 72.7. The standard InChI is InChI=1S/C30H34N4O15/c31-17(27(41)42)9-10-47-15-5-1-13(2-6-15)19(32-12-35)25(39)33-18-11-34(26(18)40)20(28(43)44)14-3-7-16(8-4-14)48-30-23(38)21(36)22(37)24(49-30)29(45)46/h1-8,12,17-24,30,36-38H,9-11,31H2,(H,32,35)(H,33,39)(H,41,42)(H,43,44)(H,45,46)/t17-,18+,19+,20+,21+,22+,23+,24+,30-/m1/s1. The number of nitrogens with one attached hydrogen (secondary N) is 2. The number of hydrogen-bond acceptors (Lipinski definition) is 13. The molecule has 2 aliphatic rings. The molecule has 2 saturated heterocycles. The Labute approximate surface area is 276 Å². The van der Waals surface area contributed by atoms with Crippen LogP contribution in [-0.4, -0.2) is 128 Å². The number of aliphatic hydroxyl groups excluding tert-OH is 3. The van der Waals surface area contributed by atoms with Gasteiger partial charge in [-0.3, -0.25) is 19.2 Å². The van der Waals surface area contributed by atoms with E-state index in [1.807, 2.05) is 0 Å². The number of aliphatic hydroxyl groups is 3. The van der Waals surface area contributed by atoms with Crippen molar-refractivity contribution >= 4 is 36.1 Å². The number of likely N-dealkylation sites (tertiary alicyclic amines) is 1. The average Bonchev–Trinajstić information content (AvgIpc) is 3.07. The molecule has 2 aromatic rings. The van der Waals surface area contributed by atoms with Gasteiger partial charge in [0.25, 0.3) is 0 Å². The molecule has 0 unspecified atom stereocenters. The van der Waals surface area contributed by atoms with E-state index in [9.17, 15) is 54.3 Å². The van der Waals surface area contributed by atoms with E-state index >= 15 is 0 Å². The molecule has 2 fully saturated rings. The Hall–Kier alpha value is -5.34. The number of carbonyl (C=O) groups is 6. The first-order valence-electron chi connectivity index (χ1n) is 14.7. The smallest absolute Gasteiger partial charge is 0.335 e. The van der Waals surface area contributed by atoms with Crippen molar-refractivity contribution in [2.24, 2.45) is 5.73 Å². The van der Waals surface area contributed by atoms with Crippen LogP contribution in [0.3, 0.4) is 0 Å². The summed E-state index contributed by atoms with van der Waals surface area (Å²) in [5.74, 6) is -5.32. The van der Waals surface area contributed by atoms with Crippen LogP contribution in [0.2, 0.25) is 0 Å². The third kappa shape index (κ3) is 8.39. The van der Waals surface area contributed by atoms with E-state index in [2.05, 4.69) is 10.6 Å². The van der Waals surface area contributed by atoms with E-state index in [1.54, 1.807) is 0 Å².